The lowest BCUT2D eigenvalue weighted by Crippen LogP contribution is -2.47. The number of fused-ring (bicyclic) bond motifs is 1. The number of rotatable bonds is 6. The highest BCUT2D eigenvalue weighted by Crippen LogP contribution is 2.31. The minimum absolute atomic E-state index is 0.271. The molecule has 0 N–H and O–H groups in total. The minimum Gasteiger partial charge on any atom is -0.376 e. The van der Waals surface area contributed by atoms with Gasteiger partial charge in [-0.05, 0) is 81.5 Å². The van der Waals surface area contributed by atoms with Crippen LogP contribution in [0.5, 0.6) is 0 Å². The Kier molecular flexibility index (Phi) is 6.42. The molecule has 4 nitrogen and oxygen atoms in total. The Morgan fingerprint density at radius 2 is 1.63 bits per heavy atom. The first-order chi connectivity index (χ1) is 14.8. The summed E-state index contributed by atoms with van der Waals surface area (Å²) in [7, 11) is 0. The number of nitrogens with zero attached hydrogens (tertiary/aromatic N) is 2. The van der Waals surface area contributed by atoms with Crippen molar-refractivity contribution in [2.24, 2.45) is 11.8 Å². The van der Waals surface area contributed by atoms with Gasteiger partial charge in [-0.3, -0.25) is 9.69 Å². The van der Waals surface area contributed by atoms with E-state index in [1.807, 2.05) is 0 Å². The van der Waals surface area contributed by atoms with Gasteiger partial charge in [0.05, 0.1) is 6.10 Å². The van der Waals surface area contributed by atoms with Crippen LogP contribution in [0.2, 0.25) is 0 Å². The van der Waals surface area contributed by atoms with Crippen LogP contribution in [0.4, 0.5) is 0 Å². The SMILES string of the molecule is O=C(C1CCCC1)N(CC1CCN(C2Cc3ccccc3C2)CC1)CC1CCCO1. The molecule has 4 aliphatic rings. The number of carbonyl (C=O) groups excluding carboxylic acids is 1. The fourth-order valence-electron chi connectivity index (χ4n) is 6.33. The number of carbonyl (C=O) groups is 1. The molecule has 2 heterocycles. The van der Waals surface area contributed by atoms with Crippen LogP contribution in [-0.4, -0.2) is 60.6 Å². The summed E-state index contributed by atoms with van der Waals surface area (Å²) in [6.45, 7) is 5.03. The highest BCUT2D eigenvalue weighted by atomic mass is 16.5. The number of hydrogen-bond donors (Lipinski definition) is 0. The van der Waals surface area contributed by atoms with Crippen molar-refractivity contribution in [3.8, 4) is 0 Å². The first-order valence-electron chi connectivity index (χ1n) is 12.5. The number of hydrogen-bond acceptors (Lipinski definition) is 3. The summed E-state index contributed by atoms with van der Waals surface area (Å²) in [5.41, 5.74) is 3.10. The molecule has 164 valence electrons. The zero-order valence-corrected chi connectivity index (χ0v) is 18.4. The van der Waals surface area contributed by atoms with Crippen molar-refractivity contribution in [3.63, 3.8) is 0 Å². The van der Waals surface area contributed by atoms with Gasteiger partial charge in [-0.2, -0.15) is 0 Å². The third-order valence-corrected chi connectivity index (χ3v) is 8.14. The topological polar surface area (TPSA) is 32.8 Å². The maximum Gasteiger partial charge on any atom is 0.225 e. The lowest BCUT2D eigenvalue weighted by atomic mass is 9.93. The Hall–Kier alpha value is -1.39. The largest absolute Gasteiger partial charge is 0.376 e. The fraction of sp³-hybridized carbons (Fsp3) is 0.731. The van der Waals surface area contributed by atoms with Gasteiger partial charge in [-0.25, -0.2) is 0 Å². The van der Waals surface area contributed by atoms with E-state index in [-0.39, 0.29) is 12.0 Å². The van der Waals surface area contributed by atoms with Gasteiger partial charge in [0, 0.05) is 31.7 Å². The number of benzene rings is 1. The molecule has 30 heavy (non-hydrogen) atoms. The lowest BCUT2D eigenvalue weighted by Gasteiger charge is -2.38. The summed E-state index contributed by atoms with van der Waals surface area (Å²) in [5.74, 6) is 1.36. The predicted octanol–water partition coefficient (Wildman–Crippen LogP) is 4.06. The van der Waals surface area contributed by atoms with E-state index < -0.39 is 0 Å². The van der Waals surface area contributed by atoms with Gasteiger partial charge >= 0.3 is 0 Å². The Morgan fingerprint density at radius 3 is 2.27 bits per heavy atom. The molecule has 0 aromatic heterocycles. The van der Waals surface area contributed by atoms with E-state index in [1.54, 1.807) is 11.1 Å². The molecule has 0 radical (unpaired) electrons. The molecule has 4 heteroatoms. The van der Waals surface area contributed by atoms with Crippen molar-refractivity contribution in [3.05, 3.63) is 35.4 Å². The summed E-state index contributed by atoms with van der Waals surface area (Å²) in [6.07, 6.45) is 12.1. The molecule has 1 aromatic rings. The van der Waals surface area contributed by atoms with Gasteiger partial charge in [-0.1, -0.05) is 37.1 Å². The smallest absolute Gasteiger partial charge is 0.225 e. The Bertz CT molecular complexity index is 690. The molecule has 1 unspecified atom stereocenters. The molecule has 2 aliphatic heterocycles. The van der Waals surface area contributed by atoms with E-state index in [1.165, 1.54) is 51.6 Å². The maximum absolute atomic E-state index is 13.3. The van der Waals surface area contributed by atoms with Crippen LogP contribution in [0.15, 0.2) is 24.3 Å². The monoisotopic (exact) mass is 410 g/mol. The molecule has 3 fully saturated rings. The summed E-state index contributed by atoms with van der Waals surface area (Å²) in [4.78, 5) is 18.2. The van der Waals surface area contributed by atoms with E-state index in [9.17, 15) is 4.79 Å². The third-order valence-electron chi connectivity index (χ3n) is 8.14. The fourth-order valence-corrected chi connectivity index (χ4v) is 6.33. The van der Waals surface area contributed by atoms with Crippen molar-refractivity contribution in [2.45, 2.75) is 76.4 Å². The Morgan fingerprint density at radius 1 is 0.933 bits per heavy atom. The Labute approximate surface area is 182 Å². The number of amides is 1. The number of piperidine rings is 1. The molecular weight excluding hydrogens is 372 g/mol. The standard InChI is InChI=1S/C26H38N2O2/c29-26(21-6-1-2-7-21)28(19-25-10-5-15-30-25)18-20-11-13-27(14-12-20)24-16-22-8-3-4-9-23(22)17-24/h3-4,8-9,20-21,24-25H,1-2,5-7,10-19H2. The van der Waals surface area contributed by atoms with Crippen LogP contribution >= 0.6 is 0 Å². The van der Waals surface area contributed by atoms with Gasteiger partial charge in [0.15, 0.2) is 0 Å². The molecule has 2 aliphatic carbocycles. The highest BCUT2D eigenvalue weighted by Gasteiger charge is 2.34. The van der Waals surface area contributed by atoms with Gasteiger partial charge in [0.1, 0.15) is 0 Å². The van der Waals surface area contributed by atoms with Crippen LogP contribution in [0.25, 0.3) is 0 Å². The molecular formula is C26H38N2O2. The van der Waals surface area contributed by atoms with Crippen LogP contribution in [0, 0.1) is 11.8 Å². The molecule has 1 atom stereocenters. The van der Waals surface area contributed by atoms with Gasteiger partial charge in [-0.15, -0.1) is 0 Å². The summed E-state index contributed by atoms with van der Waals surface area (Å²) < 4.78 is 5.90. The molecule has 1 saturated carbocycles. The van der Waals surface area contributed by atoms with Crippen molar-refractivity contribution in [1.82, 2.24) is 9.80 Å². The molecule has 5 rings (SSSR count). The van der Waals surface area contributed by atoms with E-state index in [2.05, 4.69) is 34.1 Å². The normalized spacial score (nSPS) is 26.3. The molecule has 1 aromatic carbocycles. The van der Waals surface area contributed by atoms with E-state index >= 15 is 0 Å². The Balaban J connectivity index is 1.15. The minimum atomic E-state index is 0.271. The van der Waals surface area contributed by atoms with Crippen molar-refractivity contribution < 1.29 is 9.53 Å². The predicted molar refractivity (Wildman–Crippen MR) is 119 cm³/mol. The van der Waals surface area contributed by atoms with E-state index in [0.717, 1.165) is 45.4 Å². The summed E-state index contributed by atoms with van der Waals surface area (Å²) >= 11 is 0. The van der Waals surface area contributed by atoms with Crippen molar-refractivity contribution in [1.29, 1.82) is 0 Å². The van der Waals surface area contributed by atoms with Crippen LogP contribution < -0.4 is 0 Å². The maximum atomic E-state index is 13.3. The zero-order valence-electron chi connectivity index (χ0n) is 18.4. The van der Waals surface area contributed by atoms with Gasteiger partial charge < -0.3 is 9.64 Å². The van der Waals surface area contributed by atoms with Crippen LogP contribution in [0.3, 0.4) is 0 Å². The molecule has 0 bridgehead atoms. The average molecular weight is 411 g/mol. The zero-order chi connectivity index (χ0) is 20.3. The quantitative estimate of drug-likeness (QED) is 0.709. The second kappa shape index (κ2) is 9.40. The first-order valence-corrected chi connectivity index (χ1v) is 12.5. The van der Waals surface area contributed by atoms with Gasteiger partial charge in [0.25, 0.3) is 0 Å². The first kappa shape index (κ1) is 20.5. The lowest BCUT2D eigenvalue weighted by molar-refractivity contribution is -0.138. The van der Waals surface area contributed by atoms with Crippen LogP contribution in [-0.2, 0) is 22.4 Å². The summed E-state index contributed by atoms with van der Waals surface area (Å²) in [6, 6.07) is 9.65. The summed E-state index contributed by atoms with van der Waals surface area (Å²) in [5, 5.41) is 0. The van der Waals surface area contributed by atoms with E-state index in [4.69, 9.17) is 4.74 Å². The molecule has 0 spiro atoms. The van der Waals surface area contributed by atoms with Gasteiger partial charge in [0.2, 0.25) is 5.91 Å². The second-order valence-electron chi connectivity index (χ2n) is 10.2. The number of ether oxygens (including phenoxy) is 1. The van der Waals surface area contributed by atoms with E-state index in [0.29, 0.717) is 17.9 Å². The van der Waals surface area contributed by atoms with Crippen molar-refractivity contribution >= 4 is 5.91 Å². The highest BCUT2D eigenvalue weighted by molar-refractivity contribution is 5.79. The number of likely N-dealkylation sites (tertiary alicyclic amines) is 1. The van der Waals surface area contributed by atoms with Crippen LogP contribution in [0.1, 0.15) is 62.5 Å². The molecule has 1 amide bonds. The molecule has 2 saturated heterocycles. The third kappa shape index (κ3) is 4.60. The average Bonchev–Trinajstić information content (AvgIpc) is 3.54. The second-order valence-corrected chi connectivity index (χ2v) is 10.2. The van der Waals surface area contributed by atoms with Crippen molar-refractivity contribution in [2.75, 3.05) is 32.8 Å².